The average Bonchev–Trinajstić information content (AvgIpc) is 2.86. The Bertz CT molecular complexity index is 837. The van der Waals surface area contributed by atoms with Crippen molar-refractivity contribution >= 4 is 23.5 Å². The quantitative estimate of drug-likeness (QED) is 0.443. The van der Waals surface area contributed by atoms with E-state index in [9.17, 15) is 28.9 Å². The van der Waals surface area contributed by atoms with Crippen LogP contribution in [0.3, 0.4) is 0 Å². The lowest BCUT2D eigenvalue weighted by atomic mass is 9.77. The third-order valence-corrected chi connectivity index (χ3v) is 5.00. The van der Waals surface area contributed by atoms with Gasteiger partial charge in [-0.05, 0) is 37.7 Å². The summed E-state index contributed by atoms with van der Waals surface area (Å²) in [5.74, 6) is -2.19. The van der Waals surface area contributed by atoms with Crippen molar-refractivity contribution in [3.05, 3.63) is 34.1 Å². The number of hydrazine groups is 1. The van der Waals surface area contributed by atoms with Crippen molar-refractivity contribution in [2.24, 2.45) is 5.92 Å². The van der Waals surface area contributed by atoms with Crippen LogP contribution in [0, 0.1) is 21.8 Å². The predicted octanol–water partition coefficient (Wildman–Crippen LogP) is 1.64. The minimum atomic E-state index is -1.01. The molecule has 1 aliphatic heterocycles. The Labute approximate surface area is 159 Å². The van der Waals surface area contributed by atoms with Crippen molar-refractivity contribution in [3.8, 4) is 5.75 Å². The van der Waals surface area contributed by atoms with Crippen molar-refractivity contribution in [2.75, 3.05) is 6.61 Å². The molecule has 1 saturated carbocycles. The molecule has 2 fully saturated rings. The van der Waals surface area contributed by atoms with Gasteiger partial charge in [-0.25, -0.2) is 9.18 Å². The third kappa shape index (κ3) is 3.73. The van der Waals surface area contributed by atoms with Gasteiger partial charge in [0.15, 0.2) is 6.61 Å². The number of rotatable bonds is 5. The van der Waals surface area contributed by atoms with Crippen LogP contribution in [0.5, 0.6) is 5.75 Å². The van der Waals surface area contributed by atoms with Crippen LogP contribution in [-0.2, 0) is 9.59 Å². The molecule has 1 aromatic rings. The van der Waals surface area contributed by atoms with Crippen LogP contribution in [0.2, 0.25) is 0 Å². The normalized spacial score (nSPS) is 24.2. The highest BCUT2D eigenvalue weighted by Gasteiger charge is 2.52. The molecular weight excluding hydrogens is 375 g/mol. The highest BCUT2D eigenvalue weighted by Crippen LogP contribution is 2.35. The molecule has 0 radical (unpaired) electrons. The lowest BCUT2D eigenvalue weighted by Crippen LogP contribution is -2.52. The highest BCUT2D eigenvalue weighted by molar-refractivity contribution is 6.08. The van der Waals surface area contributed by atoms with Crippen molar-refractivity contribution in [2.45, 2.75) is 38.1 Å². The fourth-order valence-corrected chi connectivity index (χ4v) is 3.37. The first-order chi connectivity index (χ1) is 13.2. The van der Waals surface area contributed by atoms with Crippen LogP contribution in [0.15, 0.2) is 18.2 Å². The summed E-state index contributed by atoms with van der Waals surface area (Å²) < 4.78 is 18.3. The Balaban J connectivity index is 1.63. The van der Waals surface area contributed by atoms with Crippen LogP contribution >= 0.6 is 0 Å². The standard InChI is InChI=1S/C17H19FN4O6/c1-10-4-6-17(7-5-10)15(24)21(16(25)19-17)20-14(23)9-28-13-8-11(18)2-3-12(13)22(26)27/h2-3,8,10H,4-7,9H2,1H3,(H,19,25)(H,20,23). The monoisotopic (exact) mass is 394 g/mol. The van der Waals surface area contributed by atoms with Gasteiger partial charge in [-0.15, -0.1) is 0 Å². The van der Waals surface area contributed by atoms with E-state index in [1.807, 2.05) is 0 Å². The lowest BCUT2D eigenvalue weighted by Gasteiger charge is -2.33. The number of nitrogens with zero attached hydrogens (tertiary/aromatic N) is 2. The number of carbonyl (C=O) groups excluding carboxylic acids is 3. The molecule has 1 saturated heterocycles. The second-order valence-electron chi connectivity index (χ2n) is 7.03. The number of ether oxygens (including phenoxy) is 1. The Morgan fingerprint density at radius 1 is 1.43 bits per heavy atom. The van der Waals surface area contributed by atoms with E-state index in [1.165, 1.54) is 0 Å². The van der Waals surface area contributed by atoms with Crippen molar-refractivity contribution in [1.29, 1.82) is 0 Å². The molecule has 1 heterocycles. The molecule has 2 N–H and O–H groups in total. The molecule has 1 aliphatic carbocycles. The van der Waals surface area contributed by atoms with Crippen LogP contribution in [0.25, 0.3) is 0 Å². The maximum Gasteiger partial charge on any atom is 0.344 e. The number of nitro groups is 1. The number of urea groups is 1. The highest BCUT2D eigenvalue weighted by atomic mass is 19.1. The molecule has 0 atom stereocenters. The molecule has 3 rings (SSSR count). The van der Waals surface area contributed by atoms with Gasteiger partial charge in [0.1, 0.15) is 11.4 Å². The van der Waals surface area contributed by atoms with Gasteiger partial charge in [0.25, 0.3) is 11.8 Å². The average molecular weight is 394 g/mol. The molecule has 4 amide bonds. The van der Waals surface area contributed by atoms with Gasteiger partial charge >= 0.3 is 11.7 Å². The summed E-state index contributed by atoms with van der Waals surface area (Å²) in [7, 11) is 0. The van der Waals surface area contributed by atoms with Crippen LogP contribution in [0.1, 0.15) is 32.6 Å². The molecule has 28 heavy (non-hydrogen) atoms. The van der Waals surface area contributed by atoms with Gasteiger partial charge in [-0.1, -0.05) is 6.92 Å². The Morgan fingerprint density at radius 3 is 2.75 bits per heavy atom. The Hall–Kier alpha value is -3.24. The van der Waals surface area contributed by atoms with E-state index in [0.29, 0.717) is 23.8 Å². The zero-order chi connectivity index (χ0) is 20.5. The van der Waals surface area contributed by atoms with Crippen molar-refractivity contribution in [1.82, 2.24) is 15.8 Å². The van der Waals surface area contributed by atoms with Crippen LogP contribution in [-0.4, -0.2) is 39.9 Å². The summed E-state index contributed by atoms with van der Waals surface area (Å²) in [4.78, 5) is 47.0. The van der Waals surface area contributed by atoms with Crippen LogP contribution < -0.4 is 15.5 Å². The number of imide groups is 1. The molecule has 10 nitrogen and oxygen atoms in total. The number of hydrogen-bond donors (Lipinski definition) is 2. The van der Waals surface area contributed by atoms with E-state index >= 15 is 0 Å². The van der Waals surface area contributed by atoms with Gasteiger partial charge in [0, 0.05) is 12.1 Å². The predicted molar refractivity (Wildman–Crippen MR) is 92.4 cm³/mol. The van der Waals surface area contributed by atoms with Gasteiger partial charge in [0.2, 0.25) is 5.75 Å². The Kier molecular flexibility index (Phi) is 5.16. The maximum absolute atomic E-state index is 13.3. The summed E-state index contributed by atoms with van der Waals surface area (Å²) >= 11 is 0. The molecule has 1 aromatic carbocycles. The second kappa shape index (κ2) is 7.41. The summed E-state index contributed by atoms with van der Waals surface area (Å²) in [6.45, 7) is 1.32. The van der Waals surface area contributed by atoms with Gasteiger partial charge in [-0.3, -0.25) is 25.1 Å². The molecule has 0 unspecified atom stereocenters. The SMILES string of the molecule is CC1CCC2(CC1)NC(=O)N(NC(=O)COc1cc(F)ccc1[N+](=O)[O-])C2=O. The third-order valence-electron chi connectivity index (χ3n) is 5.00. The van der Waals surface area contributed by atoms with Crippen LogP contribution in [0.4, 0.5) is 14.9 Å². The Morgan fingerprint density at radius 2 is 2.11 bits per heavy atom. The van der Waals surface area contributed by atoms with E-state index < -0.39 is 52.2 Å². The van der Waals surface area contributed by atoms with E-state index in [1.54, 1.807) is 0 Å². The smallest absolute Gasteiger partial charge is 0.344 e. The molecule has 1 spiro atoms. The number of amides is 4. The number of halogens is 1. The molecular formula is C17H19FN4O6. The van der Waals surface area contributed by atoms with Gasteiger partial charge < -0.3 is 10.1 Å². The summed E-state index contributed by atoms with van der Waals surface area (Å²) in [5.41, 5.74) is 0.610. The van der Waals surface area contributed by atoms with E-state index in [0.717, 1.165) is 31.0 Å². The van der Waals surface area contributed by atoms with Crippen molar-refractivity contribution in [3.63, 3.8) is 0 Å². The topological polar surface area (TPSA) is 131 Å². The number of carbonyl (C=O) groups is 3. The van der Waals surface area contributed by atoms with Gasteiger partial charge in [-0.2, -0.15) is 5.01 Å². The fourth-order valence-electron chi connectivity index (χ4n) is 3.37. The summed E-state index contributed by atoms with van der Waals surface area (Å²) in [6.07, 6.45) is 2.52. The molecule has 2 aliphatic rings. The minimum absolute atomic E-state index is 0.435. The maximum atomic E-state index is 13.3. The first kappa shape index (κ1) is 19.5. The molecule has 0 bridgehead atoms. The molecule has 11 heteroatoms. The first-order valence-electron chi connectivity index (χ1n) is 8.75. The van der Waals surface area contributed by atoms with E-state index in [4.69, 9.17) is 4.74 Å². The number of nitrogens with one attached hydrogen (secondary N) is 2. The second-order valence-corrected chi connectivity index (χ2v) is 7.03. The summed E-state index contributed by atoms with van der Waals surface area (Å²) in [6, 6.07) is 1.83. The molecule has 0 aromatic heterocycles. The number of benzene rings is 1. The minimum Gasteiger partial charge on any atom is -0.477 e. The zero-order valence-electron chi connectivity index (χ0n) is 15.1. The largest absolute Gasteiger partial charge is 0.477 e. The number of hydrogen-bond acceptors (Lipinski definition) is 6. The zero-order valence-corrected chi connectivity index (χ0v) is 15.1. The van der Waals surface area contributed by atoms with E-state index in [2.05, 4.69) is 17.7 Å². The van der Waals surface area contributed by atoms with Crippen molar-refractivity contribution < 1.29 is 28.4 Å². The summed E-state index contributed by atoms with van der Waals surface area (Å²) in [5, 5.41) is 14.2. The number of nitro benzene ring substituents is 1. The molecule has 150 valence electrons. The van der Waals surface area contributed by atoms with Gasteiger partial charge in [0.05, 0.1) is 4.92 Å². The fraction of sp³-hybridized carbons (Fsp3) is 0.471. The first-order valence-corrected chi connectivity index (χ1v) is 8.75. The lowest BCUT2D eigenvalue weighted by molar-refractivity contribution is -0.385. The van der Waals surface area contributed by atoms with E-state index in [-0.39, 0.29) is 0 Å².